The summed E-state index contributed by atoms with van der Waals surface area (Å²) in [5.74, 6) is -8.28. The molecule has 3 aliphatic rings. The predicted octanol–water partition coefficient (Wildman–Crippen LogP) is -4.04. The highest BCUT2D eigenvalue weighted by molar-refractivity contribution is 7.47. The number of nitrogens with one attached hydrogen (secondary N) is 2. The highest BCUT2D eigenvalue weighted by Gasteiger charge is 2.57. The molecule has 64 heavy (non-hydrogen) atoms. The fraction of sp³-hybridized carbons (Fsp3) is 0.649. The third-order valence-corrected chi connectivity index (χ3v) is 11.9. The first-order chi connectivity index (χ1) is 30.1. The molecule has 12 unspecified atom stereocenters. The Labute approximate surface area is 363 Å². The first kappa shape index (κ1) is 50.9. The third-order valence-electron chi connectivity index (χ3n) is 10.9. The SMILES string of the molecule is CC(C)C1C(C(=O)O)OC(OCCNC(=O)c2ccc(CNC3C(C[C@H](O)CO)O[C@](OP(=O)(O)OCC4OC(n5ccc(N)nc5=O)C(O)C4O)(C(=O)O)C[C@H]3O)cc2)C(O)C1O. The van der Waals surface area contributed by atoms with Gasteiger partial charge in [-0.25, -0.2) is 23.5 Å². The Morgan fingerprint density at radius 3 is 2.31 bits per heavy atom. The van der Waals surface area contributed by atoms with Gasteiger partial charge in [0.05, 0.1) is 50.3 Å². The zero-order valence-electron chi connectivity index (χ0n) is 34.4. The minimum atomic E-state index is -5.51. The fourth-order valence-corrected chi connectivity index (χ4v) is 8.55. The summed E-state index contributed by atoms with van der Waals surface area (Å²) in [4.78, 5) is 63.6. The number of aromatic nitrogens is 2. The van der Waals surface area contributed by atoms with Crippen molar-refractivity contribution < 1.29 is 97.8 Å². The number of nitrogen functional groups attached to an aromatic ring is 1. The van der Waals surface area contributed by atoms with Crippen LogP contribution in [0.1, 0.15) is 48.8 Å². The Hall–Kier alpha value is -4.06. The van der Waals surface area contributed by atoms with Crippen LogP contribution < -0.4 is 22.1 Å². The van der Waals surface area contributed by atoms with Gasteiger partial charge in [-0.3, -0.25) is 13.9 Å². The first-order valence-corrected chi connectivity index (χ1v) is 21.5. The molecule has 358 valence electrons. The number of ether oxygens (including phenoxy) is 4. The molecule has 15 atom stereocenters. The van der Waals surface area contributed by atoms with Gasteiger partial charge in [0.25, 0.3) is 11.7 Å². The van der Waals surface area contributed by atoms with Crippen LogP contribution in [0.5, 0.6) is 0 Å². The van der Waals surface area contributed by atoms with Crippen molar-refractivity contribution in [2.75, 3.05) is 32.1 Å². The summed E-state index contributed by atoms with van der Waals surface area (Å²) >= 11 is 0. The van der Waals surface area contributed by atoms with Crippen LogP contribution in [0.25, 0.3) is 0 Å². The molecule has 0 radical (unpaired) electrons. The molecule has 14 N–H and O–H groups in total. The van der Waals surface area contributed by atoms with Crippen molar-refractivity contribution in [2.45, 2.75) is 113 Å². The topological polar surface area (TPSA) is 411 Å². The molecule has 1 aromatic heterocycles. The van der Waals surface area contributed by atoms with Crippen molar-refractivity contribution >= 4 is 31.5 Å². The number of phosphoric ester groups is 1. The molecule has 4 heterocycles. The number of anilines is 1. The number of rotatable bonds is 20. The number of carbonyl (C=O) groups is 3. The predicted molar refractivity (Wildman–Crippen MR) is 211 cm³/mol. The summed E-state index contributed by atoms with van der Waals surface area (Å²) < 4.78 is 45.9. The van der Waals surface area contributed by atoms with Crippen LogP contribution in [0.2, 0.25) is 0 Å². The lowest BCUT2D eigenvalue weighted by Crippen LogP contribution is -2.63. The average molecular weight is 936 g/mol. The molecular formula is C37H54N5O21P. The number of benzene rings is 1. The largest absolute Gasteiger partial charge is 0.479 e. The number of phosphoric acid groups is 1. The van der Waals surface area contributed by atoms with E-state index in [0.29, 0.717) is 5.56 Å². The molecule has 3 aliphatic heterocycles. The lowest BCUT2D eigenvalue weighted by molar-refractivity contribution is -0.287. The number of nitrogens with zero attached hydrogens (tertiary/aromatic N) is 2. The number of aliphatic hydroxyl groups is 7. The number of carbonyl (C=O) groups excluding carboxylic acids is 1. The number of hydrogen-bond donors (Lipinski definition) is 13. The highest BCUT2D eigenvalue weighted by Crippen LogP contribution is 2.51. The normalized spacial score (nSPS) is 33.4. The molecule has 0 bridgehead atoms. The van der Waals surface area contributed by atoms with E-state index in [4.69, 9.17) is 33.7 Å². The zero-order chi connectivity index (χ0) is 47.3. The lowest BCUT2D eigenvalue weighted by atomic mass is 9.81. The zero-order valence-corrected chi connectivity index (χ0v) is 35.3. The Bertz CT molecular complexity index is 2030. The summed E-state index contributed by atoms with van der Waals surface area (Å²) in [5, 5.41) is 98.4. The summed E-state index contributed by atoms with van der Waals surface area (Å²) in [6.07, 6.45) is -17.6. The van der Waals surface area contributed by atoms with Crippen molar-refractivity contribution in [2.24, 2.45) is 11.8 Å². The van der Waals surface area contributed by atoms with Gasteiger partial charge in [-0.1, -0.05) is 26.0 Å². The molecule has 1 amide bonds. The number of aliphatic hydroxyl groups excluding tert-OH is 7. The van der Waals surface area contributed by atoms with E-state index in [9.17, 15) is 74.6 Å². The maximum Gasteiger partial charge on any atom is 0.475 e. The molecule has 27 heteroatoms. The molecule has 3 saturated heterocycles. The second kappa shape index (κ2) is 21.5. The standard InChI is InChI=1S/C37H54N5O21P/c1-16(2)24-27(47)29(49)34(61-30(24)33(51)52)58-10-8-39-31(50)18-5-3-17(4-6-18)13-40-25-20(45)12-37(35(53)54,62-21(25)11-19(44)14-43)63-64(56,57)59-15-22-26(46)28(48)32(60-22)42-9-7-23(38)41-36(42)55/h3-7,9,16,19-22,24-30,32,34,40,43-49H,8,10-15H2,1-2H3,(H,39,50)(H,51,52)(H,53,54)(H,56,57)(H2,38,41,55)/t19-,20+,21?,22?,24?,25?,26?,27?,28?,29?,30?,32?,34?,37+/m0/s1. The van der Waals surface area contributed by atoms with Gasteiger partial charge in [-0.15, -0.1) is 0 Å². The number of carboxylic acid groups (broad SMARTS) is 2. The number of nitrogens with two attached hydrogens (primary N) is 1. The molecule has 26 nitrogen and oxygen atoms in total. The van der Waals surface area contributed by atoms with Gasteiger partial charge in [0.2, 0.25) is 0 Å². The minimum absolute atomic E-state index is 0.0469. The first-order valence-electron chi connectivity index (χ1n) is 20.0. The Morgan fingerprint density at radius 2 is 1.70 bits per heavy atom. The number of carboxylic acids is 2. The summed E-state index contributed by atoms with van der Waals surface area (Å²) in [7, 11) is -5.51. The van der Waals surface area contributed by atoms with Gasteiger partial charge >= 0.3 is 25.5 Å². The summed E-state index contributed by atoms with van der Waals surface area (Å²) in [6.45, 7) is 1.20. The Morgan fingerprint density at radius 1 is 1.02 bits per heavy atom. The van der Waals surface area contributed by atoms with Gasteiger partial charge in [0, 0.05) is 43.6 Å². The van der Waals surface area contributed by atoms with Gasteiger partial charge in [0.15, 0.2) is 18.6 Å². The maximum atomic E-state index is 13.2. The van der Waals surface area contributed by atoms with E-state index in [1.807, 2.05) is 0 Å². The molecule has 1 aromatic carbocycles. The van der Waals surface area contributed by atoms with Crippen LogP contribution in [0.15, 0.2) is 41.3 Å². The molecule has 2 aromatic rings. The van der Waals surface area contributed by atoms with Crippen molar-refractivity contribution in [3.05, 3.63) is 58.1 Å². The van der Waals surface area contributed by atoms with E-state index in [1.165, 1.54) is 30.3 Å². The van der Waals surface area contributed by atoms with E-state index in [2.05, 4.69) is 15.6 Å². The van der Waals surface area contributed by atoms with Crippen LogP contribution >= 0.6 is 7.82 Å². The van der Waals surface area contributed by atoms with E-state index in [-0.39, 0.29) is 37.0 Å². The maximum absolute atomic E-state index is 13.2. The Balaban J connectivity index is 1.16. The van der Waals surface area contributed by atoms with Gasteiger partial charge < -0.3 is 86.2 Å². The van der Waals surface area contributed by atoms with Crippen LogP contribution in [0, 0.1) is 11.8 Å². The number of aliphatic carboxylic acids is 2. The van der Waals surface area contributed by atoms with Crippen LogP contribution in [-0.2, 0) is 48.7 Å². The molecule has 3 fully saturated rings. The lowest BCUT2D eigenvalue weighted by Gasteiger charge is -2.45. The van der Waals surface area contributed by atoms with Crippen LogP contribution in [0.4, 0.5) is 5.82 Å². The van der Waals surface area contributed by atoms with E-state index in [1.54, 1.807) is 13.8 Å². The van der Waals surface area contributed by atoms with Gasteiger partial charge in [-0.2, -0.15) is 4.98 Å². The monoisotopic (exact) mass is 935 g/mol. The quantitative estimate of drug-likeness (QED) is 0.0444. The third kappa shape index (κ3) is 12.0. The molecular weight excluding hydrogens is 881 g/mol. The van der Waals surface area contributed by atoms with Crippen molar-refractivity contribution in [1.29, 1.82) is 0 Å². The van der Waals surface area contributed by atoms with Gasteiger partial charge in [-0.05, 0) is 29.7 Å². The number of amides is 1. The molecule has 0 saturated carbocycles. The second-order valence-electron chi connectivity index (χ2n) is 15.8. The second-order valence-corrected chi connectivity index (χ2v) is 17.2. The average Bonchev–Trinajstić information content (AvgIpc) is 3.50. The van der Waals surface area contributed by atoms with E-state index in [0.717, 1.165) is 10.8 Å². The highest BCUT2D eigenvalue weighted by atomic mass is 31.2. The van der Waals surface area contributed by atoms with E-state index < -0.39 is 143 Å². The molecule has 5 rings (SSSR count). The number of hydrogen-bond acceptors (Lipinski definition) is 21. The summed E-state index contributed by atoms with van der Waals surface area (Å²) in [6, 6.07) is 6.00. The summed E-state index contributed by atoms with van der Waals surface area (Å²) in [5.41, 5.74) is 5.26. The van der Waals surface area contributed by atoms with E-state index >= 15 is 0 Å². The van der Waals surface area contributed by atoms with Crippen molar-refractivity contribution in [3.8, 4) is 0 Å². The minimum Gasteiger partial charge on any atom is -0.479 e. The fourth-order valence-electron chi connectivity index (χ4n) is 7.59. The molecule has 0 spiro atoms. The van der Waals surface area contributed by atoms with Gasteiger partial charge in [0.1, 0.15) is 30.2 Å². The van der Waals surface area contributed by atoms with Crippen molar-refractivity contribution in [1.82, 2.24) is 20.2 Å². The van der Waals surface area contributed by atoms with Crippen molar-refractivity contribution in [3.63, 3.8) is 0 Å². The Kier molecular flexibility index (Phi) is 17.1. The smallest absolute Gasteiger partial charge is 0.475 e. The van der Waals surface area contributed by atoms with Crippen LogP contribution in [-0.4, -0.2) is 178 Å². The molecule has 0 aliphatic carbocycles. The van der Waals surface area contributed by atoms with Crippen LogP contribution in [0.3, 0.4) is 0 Å².